The van der Waals surface area contributed by atoms with Crippen molar-refractivity contribution < 1.29 is 0 Å². The van der Waals surface area contributed by atoms with E-state index in [-0.39, 0.29) is 0 Å². The highest BCUT2D eigenvalue weighted by Gasteiger charge is 2.19. The maximum Gasteiger partial charge on any atom is 0.108 e. The Hall–Kier alpha value is -6.56. The van der Waals surface area contributed by atoms with E-state index in [2.05, 4.69) is 179 Å². The summed E-state index contributed by atoms with van der Waals surface area (Å²) in [5.41, 5.74) is 13.0. The lowest BCUT2D eigenvalue weighted by molar-refractivity contribution is 1.18. The molecule has 0 N–H and O–H groups in total. The molecule has 4 nitrogen and oxygen atoms in total. The van der Waals surface area contributed by atoms with Crippen LogP contribution in [0.4, 0.5) is 0 Å². The molecule has 0 bridgehead atoms. The Bertz CT molecular complexity index is 3130. The Morgan fingerprint density at radius 3 is 1.67 bits per heavy atom. The first-order chi connectivity index (χ1) is 25.3. The highest BCUT2D eigenvalue weighted by atomic mass is 32.1. The summed E-state index contributed by atoms with van der Waals surface area (Å²) in [6.07, 6.45) is 0. The topological polar surface area (TPSA) is 35.6 Å². The third-order valence-corrected chi connectivity index (χ3v) is 11.2. The highest BCUT2D eigenvalue weighted by Crippen LogP contribution is 2.41. The quantitative estimate of drug-likeness (QED) is 0.187. The predicted molar refractivity (Wildman–Crippen MR) is 214 cm³/mol. The molecule has 6 aromatic carbocycles. The number of hydrogen-bond acceptors (Lipinski definition) is 3. The van der Waals surface area contributed by atoms with Crippen molar-refractivity contribution in [3.8, 4) is 33.9 Å². The predicted octanol–water partition coefficient (Wildman–Crippen LogP) is 12.4. The monoisotopic (exact) mass is 668 g/mol. The van der Waals surface area contributed by atoms with E-state index in [1.54, 1.807) is 11.3 Å². The van der Waals surface area contributed by atoms with Crippen LogP contribution >= 0.6 is 11.3 Å². The molecule has 0 aliphatic carbocycles. The number of para-hydroxylation sites is 4. The third kappa shape index (κ3) is 4.25. The van der Waals surface area contributed by atoms with Gasteiger partial charge in [-0.2, -0.15) is 0 Å². The van der Waals surface area contributed by atoms with Crippen LogP contribution < -0.4 is 0 Å². The lowest BCUT2D eigenvalue weighted by Gasteiger charge is -2.09. The molecule has 51 heavy (non-hydrogen) atoms. The number of fused-ring (bicyclic) bond motifs is 9. The number of thiophene rings is 1. The minimum Gasteiger partial charge on any atom is -0.309 e. The summed E-state index contributed by atoms with van der Waals surface area (Å²) in [4.78, 5) is 10.7. The SMILES string of the molecule is c1ccc(-n2c3ccccc3c3ccc(-c4ccc5sc6ccc(-c7cccc8c7c7ccccc7n8-c7ccccc7)nc6c5n4)cc32)cc1. The minimum absolute atomic E-state index is 0.939. The molecule has 0 saturated carbocycles. The average molecular weight is 669 g/mol. The Balaban J connectivity index is 1.09. The van der Waals surface area contributed by atoms with Crippen LogP contribution in [0.2, 0.25) is 0 Å². The van der Waals surface area contributed by atoms with Crippen molar-refractivity contribution in [2.75, 3.05) is 0 Å². The first kappa shape index (κ1) is 28.3. The largest absolute Gasteiger partial charge is 0.309 e. The molecule has 0 radical (unpaired) electrons. The minimum atomic E-state index is 0.939. The molecule has 11 aromatic rings. The lowest BCUT2D eigenvalue weighted by Crippen LogP contribution is -1.93. The smallest absolute Gasteiger partial charge is 0.108 e. The number of hydrogen-bond donors (Lipinski definition) is 0. The number of benzene rings is 6. The molecule has 0 saturated heterocycles. The van der Waals surface area contributed by atoms with Crippen LogP contribution in [0.5, 0.6) is 0 Å². The Morgan fingerprint density at radius 1 is 0.392 bits per heavy atom. The maximum absolute atomic E-state index is 5.37. The van der Waals surface area contributed by atoms with E-state index < -0.39 is 0 Å². The molecular formula is C46H28N4S. The van der Waals surface area contributed by atoms with E-state index in [0.29, 0.717) is 0 Å². The lowest BCUT2D eigenvalue weighted by atomic mass is 10.0. The zero-order valence-corrected chi connectivity index (χ0v) is 28.2. The summed E-state index contributed by atoms with van der Waals surface area (Å²) in [5, 5.41) is 4.90. The Morgan fingerprint density at radius 2 is 0.941 bits per heavy atom. The van der Waals surface area contributed by atoms with Crippen molar-refractivity contribution >= 4 is 75.4 Å². The molecule has 5 heterocycles. The number of rotatable bonds is 4. The summed E-state index contributed by atoms with van der Waals surface area (Å²) >= 11 is 1.75. The Kier molecular flexibility index (Phi) is 6.09. The number of nitrogens with zero attached hydrogens (tertiary/aromatic N) is 4. The zero-order chi connectivity index (χ0) is 33.5. The second kappa shape index (κ2) is 11.0. The van der Waals surface area contributed by atoms with Gasteiger partial charge in [-0.05, 0) is 72.8 Å². The van der Waals surface area contributed by atoms with Gasteiger partial charge < -0.3 is 9.13 Å². The number of aromatic nitrogens is 4. The normalized spacial score (nSPS) is 11.9. The van der Waals surface area contributed by atoms with Gasteiger partial charge in [0.1, 0.15) is 11.0 Å². The molecule has 5 heteroatoms. The summed E-state index contributed by atoms with van der Waals surface area (Å²) in [5.74, 6) is 0. The zero-order valence-electron chi connectivity index (χ0n) is 27.4. The summed E-state index contributed by atoms with van der Waals surface area (Å²) < 4.78 is 6.98. The molecule has 0 unspecified atom stereocenters. The van der Waals surface area contributed by atoms with Crippen LogP contribution in [-0.4, -0.2) is 19.1 Å². The van der Waals surface area contributed by atoms with Gasteiger partial charge in [-0.3, -0.25) is 0 Å². The third-order valence-electron chi connectivity index (χ3n) is 10.1. The van der Waals surface area contributed by atoms with Gasteiger partial charge >= 0.3 is 0 Å². The second-order valence-electron chi connectivity index (χ2n) is 13.0. The molecular weight excluding hydrogens is 641 g/mol. The fourth-order valence-electron chi connectivity index (χ4n) is 7.90. The van der Waals surface area contributed by atoms with Crippen molar-refractivity contribution in [1.29, 1.82) is 0 Å². The van der Waals surface area contributed by atoms with Crippen molar-refractivity contribution in [3.05, 3.63) is 170 Å². The van der Waals surface area contributed by atoms with Gasteiger partial charge in [0, 0.05) is 44.0 Å². The Labute approximate surface area is 297 Å². The van der Waals surface area contributed by atoms with E-state index >= 15 is 0 Å². The standard InChI is InChI=1S/C46H28N4S/c1-3-12-30(13-4-1)49-39-20-10-8-17-35(39)44-34(18-11-21-40(44)49)37-25-27-43-46(48-37)45-42(51-43)26-24-36(47-45)29-22-23-33-32-16-7-9-19-38(32)50(41(33)28-29)31-14-5-2-6-15-31/h1-28H. The van der Waals surface area contributed by atoms with Crippen molar-refractivity contribution in [2.24, 2.45) is 0 Å². The van der Waals surface area contributed by atoms with Crippen LogP contribution in [0.3, 0.4) is 0 Å². The van der Waals surface area contributed by atoms with Crippen molar-refractivity contribution in [1.82, 2.24) is 19.1 Å². The van der Waals surface area contributed by atoms with Gasteiger partial charge in [0.05, 0.1) is 42.9 Å². The first-order valence-corrected chi connectivity index (χ1v) is 18.0. The summed E-state index contributed by atoms with van der Waals surface area (Å²) in [6, 6.07) is 60.5. The van der Waals surface area contributed by atoms with Gasteiger partial charge in [0.15, 0.2) is 0 Å². The highest BCUT2D eigenvalue weighted by molar-refractivity contribution is 7.25. The van der Waals surface area contributed by atoms with Gasteiger partial charge in [-0.15, -0.1) is 11.3 Å². The second-order valence-corrected chi connectivity index (χ2v) is 14.1. The van der Waals surface area contributed by atoms with Gasteiger partial charge in [-0.25, -0.2) is 9.97 Å². The molecule has 0 atom stereocenters. The van der Waals surface area contributed by atoms with E-state index in [9.17, 15) is 0 Å². The number of pyridine rings is 2. The van der Waals surface area contributed by atoms with Gasteiger partial charge in [0.25, 0.3) is 0 Å². The average Bonchev–Trinajstić information content (AvgIpc) is 3.85. The molecule has 0 amide bonds. The van der Waals surface area contributed by atoms with Crippen LogP contribution in [-0.2, 0) is 0 Å². The van der Waals surface area contributed by atoms with Crippen molar-refractivity contribution in [2.45, 2.75) is 0 Å². The summed E-state index contributed by atoms with van der Waals surface area (Å²) in [7, 11) is 0. The molecule has 238 valence electrons. The molecule has 0 fully saturated rings. The fraction of sp³-hybridized carbons (Fsp3) is 0. The van der Waals surface area contributed by atoms with Crippen LogP contribution in [0.15, 0.2) is 170 Å². The van der Waals surface area contributed by atoms with E-state index in [0.717, 1.165) is 54.3 Å². The molecule has 0 aliphatic heterocycles. The van der Waals surface area contributed by atoms with Crippen LogP contribution in [0.1, 0.15) is 0 Å². The summed E-state index contributed by atoms with van der Waals surface area (Å²) in [6.45, 7) is 0. The van der Waals surface area contributed by atoms with E-state index in [1.165, 1.54) is 43.6 Å². The molecule has 0 spiro atoms. The fourth-order valence-corrected chi connectivity index (χ4v) is 8.89. The van der Waals surface area contributed by atoms with E-state index in [1.807, 2.05) is 0 Å². The molecule has 0 aliphatic rings. The first-order valence-electron chi connectivity index (χ1n) is 17.2. The van der Waals surface area contributed by atoms with Gasteiger partial charge in [0.2, 0.25) is 0 Å². The van der Waals surface area contributed by atoms with Crippen LogP contribution in [0.25, 0.3) is 97.9 Å². The maximum atomic E-state index is 5.37. The van der Waals surface area contributed by atoms with Crippen molar-refractivity contribution in [3.63, 3.8) is 0 Å². The molecule has 11 rings (SSSR count). The van der Waals surface area contributed by atoms with Gasteiger partial charge in [-0.1, -0.05) is 97.1 Å². The molecule has 5 aromatic heterocycles. The van der Waals surface area contributed by atoms with E-state index in [4.69, 9.17) is 9.97 Å². The van der Waals surface area contributed by atoms with Crippen LogP contribution in [0, 0.1) is 0 Å².